The maximum atomic E-state index is 12.4. The van der Waals surface area contributed by atoms with Crippen LogP contribution in [0.1, 0.15) is 10.5 Å². The minimum Gasteiger partial charge on any atom is -0.369 e. The molecule has 1 aliphatic heterocycles. The molecule has 6 heteroatoms. The number of rotatable bonds is 4. The van der Waals surface area contributed by atoms with Crippen molar-refractivity contribution in [2.24, 2.45) is 0 Å². The van der Waals surface area contributed by atoms with Crippen molar-refractivity contribution in [1.29, 1.82) is 0 Å². The number of aromatic nitrogens is 1. The number of amides is 1. The molecule has 1 amide bonds. The predicted molar refractivity (Wildman–Crippen MR) is 112 cm³/mol. The van der Waals surface area contributed by atoms with Crippen molar-refractivity contribution in [3.63, 3.8) is 0 Å². The molecule has 0 unspecified atom stereocenters. The van der Waals surface area contributed by atoms with Gasteiger partial charge in [-0.3, -0.25) is 4.79 Å². The summed E-state index contributed by atoms with van der Waals surface area (Å²) in [5.74, 6) is -0.183. The lowest BCUT2D eigenvalue weighted by atomic mass is 10.2. The third kappa shape index (κ3) is 4.18. The summed E-state index contributed by atoms with van der Waals surface area (Å²) in [5, 5.41) is 5.54. The van der Waals surface area contributed by atoms with Crippen LogP contribution in [0.2, 0.25) is 0 Å². The van der Waals surface area contributed by atoms with Crippen LogP contribution in [-0.2, 0) is 0 Å². The van der Waals surface area contributed by atoms with E-state index < -0.39 is 0 Å². The molecule has 5 nitrogen and oxygen atoms in total. The first-order chi connectivity index (χ1) is 13.2. The minimum absolute atomic E-state index is 0.183. The second-order valence-corrected chi connectivity index (χ2v) is 7.55. The van der Waals surface area contributed by atoms with Gasteiger partial charge >= 0.3 is 0 Å². The molecule has 0 spiro atoms. The first-order valence-corrected chi connectivity index (χ1v) is 9.93. The lowest BCUT2D eigenvalue weighted by molar-refractivity contribution is 0.102. The lowest BCUT2D eigenvalue weighted by Crippen LogP contribution is -2.44. The number of nitrogens with zero attached hydrogens (tertiary/aromatic N) is 3. The highest BCUT2D eigenvalue weighted by molar-refractivity contribution is 7.13. The number of carbonyl (C=O) groups excluding carboxylic acids is 1. The molecule has 0 atom stereocenters. The van der Waals surface area contributed by atoms with Gasteiger partial charge in [0.05, 0.1) is 0 Å². The topological polar surface area (TPSA) is 48.5 Å². The molecule has 1 aliphatic rings. The Morgan fingerprint density at radius 2 is 1.70 bits per heavy atom. The number of anilines is 2. The average molecular weight is 379 g/mol. The van der Waals surface area contributed by atoms with Gasteiger partial charge in [0.15, 0.2) is 0 Å². The summed E-state index contributed by atoms with van der Waals surface area (Å²) in [7, 11) is 2.16. The second kappa shape index (κ2) is 7.90. The molecule has 2 aromatic carbocycles. The average Bonchev–Trinajstić information content (AvgIpc) is 3.20. The zero-order chi connectivity index (χ0) is 18.6. The molecular formula is C21H22N4OS. The molecule has 0 bridgehead atoms. The Balaban J connectivity index is 1.44. The molecular weight excluding hydrogens is 356 g/mol. The van der Waals surface area contributed by atoms with Crippen molar-refractivity contribution >= 4 is 28.6 Å². The number of benzene rings is 2. The van der Waals surface area contributed by atoms with Gasteiger partial charge in [0.2, 0.25) is 0 Å². The standard InChI is InChI=1S/C21H22N4OS/c1-24-11-13-25(14-12-24)18-9-7-16(8-10-18)21-23-19(15-27-21)20(26)22-17-5-3-2-4-6-17/h2-10,15H,11-14H2,1H3,(H,22,26). The summed E-state index contributed by atoms with van der Waals surface area (Å²) < 4.78 is 0. The van der Waals surface area contributed by atoms with Crippen LogP contribution in [0.25, 0.3) is 10.6 Å². The number of nitrogens with one attached hydrogen (secondary N) is 1. The number of likely N-dealkylation sites (N-methyl/N-ethyl adjacent to an activating group) is 1. The van der Waals surface area contributed by atoms with Crippen LogP contribution >= 0.6 is 11.3 Å². The van der Waals surface area contributed by atoms with Crippen LogP contribution in [0.3, 0.4) is 0 Å². The second-order valence-electron chi connectivity index (χ2n) is 6.70. The van der Waals surface area contributed by atoms with E-state index in [0.717, 1.165) is 42.4 Å². The number of hydrogen-bond donors (Lipinski definition) is 1. The predicted octanol–water partition coefficient (Wildman–Crippen LogP) is 3.81. The van der Waals surface area contributed by atoms with Gasteiger partial charge in [-0.15, -0.1) is 11.3 Å². The Bertz CT molecular complexity index is 899. The van der Waals surface area contributed by atoms with Gasteiger partial charge in [0.25, 0.3) is 5.91 Å². The van der Waals surface area contributed by atoms with E-state index >= 15 is 0 Å². The third-order valence-electron chi connectivity index (χ3n) is 4.75. The first-order valence-electron chi connectivity index (χ1n) is 9.05. The van der Waals surface area contributed by atoms with E-state index in [-0.39, 0.29) is 5.91 Å². The SMILES string of the molecule is CN1CCN(c2ccc(-c3nc(C(=O)Nc4ccccc4)cs3)cc2)CC1. The van der Waals surface area contributed by atoms with E-state index in [0.29, 0.717) is 5.69 Å². The van der Waals surface area contributed by atoms with Crippen molar-refractivity contribution < 1.29 is 4.79 Å². The van der Waals surface area contributed by atoms with Crippen molar-refractivity contribution in [2.75, 3.05) is 43.4 Å². The highest BCUT2D eigenvalue weighted by Crippen LogP contribution is 2.27. The Morgan fingerprint density at radius 3 is 2.41 bits per heavy atom. The molecule has 0 aliphatic carbocycles. The van der Waals surface area contributed by atoms with E-state index in [9.17, 15) is 4.79 Å². The number of para-hydroxylation sites is 1. The number of piperazine rings is 1. The monoisotopic (exact) mass is 378 g/mol. The van der Waals surface area contributed by atoms with Gasteiger partial charge in [-0.25, -0.2) is 4.98 Å². The minimum atomic E-state index is -0.183. The Hall–Kier alpha value is -2.70. The largest absolute Gasteiger partial charge is 0.369 e. The van der Waals surface area contributed by atoms with E-state index in [4.69, 9.17) is 0 Å². The number of hydrogen-bond acceptors (Lipinski definition) is 5. The Morgan fingerprint density at radius 1 is 1.00 bits per heavy atom. The molecule has 4 rings (SSSR count). The van der Waals surface area contributed by atoms with E-state index in [1.807, 2.05) is 35.7 Å². The Labute approximate surface area is 163 Å². The van der Waals surface area contributed by atoms with Crippen LogP contribution < -0.4 is 10.2 Å². The zero-order valence-electron chi connectivity index (χ0n) is 15.3. The van der Waals surface area contributed by atoms with Crippen molar-refractivity contribution in [1.82, 2.24) is 9.88 Å². The summed E-state index contributed by atoms with van der Waals surface area (Å²) in [4.78, 5) is 21.6. The smallest absolute Gasteiger partial charge is 0.275 e. The maximum absolute atomic E-state index is 12.4. The lowest BCUT2D eigenvalue weighted by Gasteiger charge is -2.34. The molecule has 1 aromatic heterocycles. The zero-order valence-corrected chi connectivity index (χ0v) is 16.1. The number of carbonyl (C=O) groups is 1. The summed E-state index contributed by atoms with van der Waals surface area (Å²) in [5.41, 5.74) is 3.50. The van der Waals surface area contributed by atoms with Gasteiger partial charge in [0.1, 0.15) is 10.7 Å². The molecule has 138 valence electrons. The molecule has 0 radical (unpaired) electrons. The van der Waals surface area contributed by atoms with Crippen LogP contribution in [0.15, 0.2) is 60.0 Å². The molecule has 1 saturated heterocycles. The van der Waals surface area contributed by atoms with Crippen molar-refractivity contribution in [2.45, 2.75) is 0 Å². The molecule has 1 N–H and O–H groups in total. The molecule has 27 heavy (non-hydrogen) atoms. The summed E-state index contributed by atoms with van der Waals surface area (Å²) in [6.07, 6.45) is 0. The van der Waals surface area contributed by atoms with E-state index in [1.165, 1.54) is 17.0 Å². The maximum Gasteiger partial charge on any atom is 0.275 e. The summed E-state index contributed by atoms with van der Waals surface area (Å²) in [6, 6.07) is 17.9. The Kier molecular flexibility index (Phi) is 5.18. The van der Waals surface area contributed by atoms with E-state index in [1.54, 1.807) is 0 Å². The fourth-order valence-corrected chi connectivity index (χ4v) is 3.91. The molecule has 2 heterocycles. The van der Waals surface area contributed by atoms with Gasteiger partial charge < -0.3 is 15.1 Å². The van der Waals surface area contributed by atoms with Crippen LogP contribution in [0.5, 0.6) is 0 Å². The quantitative estimate of drug-likeness (QED) is 0.750. The van der Waals surface area contributed by atoms with Crippen LogP contribution in [0.4, 0.5) is 11.4 Å². The fraction of sp³-hybridized carbons (Fsp3) is 0.238. The highest BCUT2D eigenvalue weighted by atomic mass is 32.1. The van der Waals surface area contributed by atoms with E-state index in [2.05, 4.69) is 51.4 Å². The number of thiazole rings is 1. The highest BCUT2D eigenvalue weighted by Gasteiger charge is 2.15. The molecule has 3 aromatic rings. The van der Waals surface area contributed by atoms with Crippen molar-refractivity contribution in [3.8, 4) is 10.6 Å². The van der Waals surface area contributed by atoms with Crippen LogP contribution in [-0.4, -0.2) is 49.0 Å². The molecule has 0 saturated carbocycles. The van der Waals surface area contributed by atoms with Gasteiger partial charge in [-0.05, 0) is 43.4 Å². The van der Waals surface area contributed by atoms with Crippen molar-refractivity contribution in [3.05, 3.63) is 65.7 Å². The van der Waals surface area contributed by atoms with Gasteiger partial charge in [0, 0.05) is 48.5 Å². The first kappa shape index (κ1) is 17.7. The van der Waals surface area contributed by atoms with Crippen LogP contribution in [0, 0.1) is 0 Å². The third-order valence-corrected chi connectivity index (χ3v) is 5.64. The molecule has 1 fully saturated rings. The normalized spacial score (nSPS) is 14.9. The van der Waals surface area contributed by atoms with Gasteiger partial charge in [-0.1, -0.05) is 18.2 Å². The summed E-state index contributed by atoms with van der Waals surface area (Å²) in [6.45, 7) is 4.29. The summed E-state index contributed by atoms with van der Waals surface area (Å²) >= 11 is 1.49. The van der Waals surface area contributed by atoms with Gasteiger partial charge in [-0.2, -0.15) is 0 Å². The fourth-order valence-electron chi connectivity index (χ4n) is 3.11.